The van der Waals surface area contributed by atoms with Gasteiger partial charge in [-0.25, -0.2) is 0 Å². The predicted molar refractivity (Wildman–Crippen MR) is 88.2 cm³/mol. The summed E-state index contributed by atoms with van der Waals surface area (Å²) in [6.07, 6.45) is 1.11. The first kappa shape index (κ1) is 15.2. The van der Waals surface area contributed by atoms with Crippen molar-refractivity contribution in [2.45, 2.75) is 26.4 Å². The summed E-state index contributed by atoms with van der Waals surface area (Å²) in [6.45, 7) is 6.28. The van der Waals surface area contributed by atoms with Gasteiger partial charge >= 0.3 is 0 Å². The lowest BCUT2D eigenvalue weighted by molar-refractivity contribution is 0.318. The van der Waals surface area contributed by atoms with Crippen LogP contribution in [0.1, 0.15) is 23.6 Å². The van der Waals surface area contributed by atoms with Crippen LogP contribution < -0.4 is 5.32 Å². The zero-order valence-corrected chi connectivity index (χ0v) is 13.2. The summed E-state index contributed by atoms with van der Waals surface area (Å²) in [5.41, 5.74) is 4.32. The highest BCUT2D eigenvalue weighted by atomic mass is 32.1. The van der Waals surface area contributed by atoms with Gasteiger partial charge in [0.25, 0.3) is 0 Å². The molecule has 0 aliphatic carbocycles. The van der Waals surface area contributed by atoms with E-state index in [1.165, 1.54) is 16.7 Å². The smallest absolute Gasteiger partial charge is 0.0242 e. The average Bonchev–Trinajstić information content (AvgIpc) is 2.93. The Morgan fingerprint density at radius 2 is 1.90 bits per heavy atom. The van der Waals surface area contributed by atoms with Crippen molar-refractivity contribution < 1.29 is 0 Å². The van der Waals surface area contributed by atoms with Crippen LogP contribution in [0.3, 0.4) is 0 Å². The molecule has 1 aromatic heterocycles. The molecule has 3 heteroatoms. The van der Waals surface area contributed by atoms with Crippen molar-refractivity contribution in [3.8, 4) is 0 Å². The molecule has 20 heavy (non-hydrogen) atoms. The SMILES string of the molecule is CCNCCc1ccccc1CN(C)Cc1ccsc1. The average molecular weight is 288 g/mol. The lowest BCUT2D eigenvalue weighted by atomic mass is 10.0. The van der Waals surface area contributed by atoms with Crippen molar-refractivity contribution in [2.24, 2.45) is 0 Å². The summed E-state index contributed by atoms with van der Waals surface area (Å²) in [4.78, 5) is 2.38. The van der Waals surface area contributed by atoms with Crippen LogP contribution in [0.4, 0.5) is 0 Å². The lowest BCUT2D eigenvalue weighted by Crippen LogP contribution is -2.20. The summed E-state index contributed by atoms with van der Waals surface area (Å²) in [7, 11) is 2.19. The van der Waals surface area contributed by atoms with Gasteiger partial charge in [-0.15, -0.1) is 0 Å². The zero-order valence-electron chi connectivity index (χ0n) is 12.4. The number of rotatable bonds is 8. The van der Waals surface area contributed by atoms with E-state index >= 15 is 0 Å². The number of hydrogen-bond acceptors (Lipinski definition) is 3. The molecule has 0 bridgehead atoms. The standard InChI is InChI=1S/C17H24N2S/c1-3-18-10-8-16-6-4-5-7-17(16)13-19(2)12-15-9-11-20-14-15/h4-7,9,11,14,18H,3,8,10,12-13H2,1-2H3. The Kier molecular flexibility index (Phi) is 6.25. The van der Waals surface area contributed by atoms with Crippen LogP contribution >= 0.6 is 11.3 Å². The molecule has 0 atom stereocenters. The Balaban J connectivity index is 1.93. The number of thiophene rings is 1. The summed E-state index contributed by atoms with van der Waals surface area (Å²) in [5, 5.41) is 7.78. The normalized spacial score (nSPS) is 11.2. The molecule has 1 N–H and O–H groups in total. The van der Waals surface area contributed by atoms with Gasteiger partial charge in [-0.3, -0.25) is 4.90 Å². The topological polar surface area (TPSA) is 15.3 Å². The first-order chi connectivity index (χ1) is 9.79. The van der Waals surface area contributed by atoms with Crippen LogP contribution in [0, 0.1) is 0 Å². The second-order valence-electron chi connectivity index (χ2n) is 5.18. The third-order valence-corrected chi connectivity index (χ3v) is 4.14. The van der Waals surface area contributed by atoms with E-state index in [9.17, 15) is 0 Å². The number of hydrogen-bond donors (Lipinski definition) is 1. The second-order valence-corrected chi connectivity index (χ2v) is 5.96. The molecule has 1 aromatic carbocycles. The molecule has 1 heterocycles. The van der Waals surface area contributed by atoms with E-state index in [0.29, 0.717) is 0 Å². The Bertz CT molecular complexity index is 493. The molecule has 0 unspecified atom stereocenters. The minimum absolute atomic E-state index is 1.01. The fraction of sp³-hybridized carbons (Fsp3) is 0.412. The molecular weight excluding hydrogens is 264 g/mol. The van der Waals surface area contributed by atoms with E-state index in [-0.39, 0.29) is 0 Å². The zero-order chi connectivity index (χ0) is 14.2. The van der Waals surface area contributed by atoms with Gasteiger partial charge in [0.15, 0.2) is 0 Å². The lowest BCUT2D eigenvalue weighted by Gasteiger charge is -2.18. The van der Waals surface area contributed by atoms with E-state index in [1.807, 2.05) is 0 Å². The quantitative estimate of drug-likeness (QED) is 0.748. The fourth-order valence-electron chi connectivity index (χ4n) is 2.40. The Morgan fingerprint density at radius 1 is 1.10 bits per heavy atom. The number of benzene rings is 1. The van der Waals surface area contributed by atoms with Crippen molar-refractivity contribution in [1.29, 1.82) is 0 Å². The van der Waals surface area contributed by atoms with Crippen LogP contribution in [0.2, 0.25) is 0 Å². The molecular formula is C17H24N2S. The maximum absolute atomic E-state index is 3.40. The van der Waals surface area contributed by atoms with Crippen molar-refractivity contribution in [3.63, 3.8) is 0 Å². The maximum atomic E-state index is 3.40. The molecule has 108 valence electrons. The Labute approximate surface area is 126 Å². The van der Waals surface area contributed by atoms with Crippen LogP contribution in [-0.4, -0.2) is 25.0 Å². The van der Waals surface area contributed by atoms with Crippen LogP contribution in [0.5, 0.6) is 0 Å². The van der Waals surface area contributed by atoms with Crippen molar-refractivity contribution in [2.75, 3.05) is 20.1 Å². The monoisotopic (exact) mass is 288 g/mol. The van der Waals surface area contributed by atoms with Gasteiger partial charge in [-0.05, 0) is 60.1 Å². The van der Waals surface area contributed by atoms with Gasteiger partial charge in [0, 0.05) is 13.1 Å². The minimum Gasteiger partial charge on any atom is -0.317 e. The number of likely N-dealkylation sites (N-methyl/N-ethyl adjacent to an activating group) is 1. The van der Waals surface area contributed by atoms with Crippen molar-refractivity contribution >= 4 is 11.3 Å². The van der Waals surface area contributed by atoms with Gasteiger partial charge in [0.05, 0.1) is 0 Å². The molecule has 2 rings (SSSR count). The van der Waals surface area contributed by atoms with E-state index in [1.54, 1.807) is 11.3 Å². The highest BCUT2D eigenvalue weighted by Gasteiger charge is 2.06. The first-order valence-corrected chi connectivity index (χ1v) is 8.21. The summed E-state index contributed by atoms with van der Waals surface area (Å²) >= 11 is 1.77. The molecule has 0 radical (unpaired) electrons. The van der Waals surface area contributed by atoms with Gasteiger partial charge in [0.1, 0.15) is 0 Å². The third-order valence-electron chi connectivity index (χ3n) is 3.41. The fourth-order valence-corrected chi connectivity index (χ4v) is 3.06. The number of nitrogens with one attached hydrogen (secondary N) is 1. The predicted octanol–water partition coefficient (Wildman–Crippen LogP) is 3.53. The largest absolute Gasteiger partial charge is 0.317 e. The van der Waals surface area contributed by atoms with E-state index in [2.05, 4.69) is 65.3 Å². The highest BCUT2D eigenvalue weighted by molar-refractivity contribution is 7.07. The van der Waals surface area contributed by atoms with Crippen molar-refractivity contribution in [3.05, 3.63) is 57.8 Å². The molecule has 0 saturated carbocycles. The first-order valence-electron chi connectivity index (χ1n) is 7.26. The van der Waals surface area contributed by atoms with Crippen LogP contribution in [0.15, 0.2) is 41.1 Å². The highest BCUT2D eigenvalue weighted by Crippen LogP contribution is 2.14. The molecule has 0 saturated heterocycles. The second kappa shape index (κ2) is 8.20. The maximum Gasteiger partial charge on any atom is 0.0242 e. The third kappa shape index (κ3) is 4.75. The molecule has 0 aliphatic heterocycles. The molecule has 0 spiro atoms. The molecule has 0 fully saturated rings. The molecule has 2 aromatic rings. The van der Waals surface area contributed by atoms with Gasteiger partial charge in [-0.2, -0.15) is 11.3 Å². The molecule has 0 amide bonds. The van der Waals surface area contributed by atoms with Gasteiger partial charge in [0.2, 0.25) is 0 Å². The van der Waals surface area contributed by atoms with E-state index in [4.69, 9.17) is 0 Å². The Hall–Kier alpha value is -1.16. The van der Waals surface area contributed by atoms with Gasteiger partial charge in [-0.1, -0.05) is 31.2 Å². The van der Waals surface area contributed by atoms with Crippen LogP contribution in [-0.2, 0) is 19.5 Å². The van der Waals surface area contributed by atoms with E-state index in [0.717, 1.165) is 32.6 Å². The summed E-state index contributed by atoms with van der Waals surface area (Å²) in [5.74, 6) is 0. The number of nitrogens with zero attached hydrogens (tertiary/aromatic N) is 1. The summed E-state index contributed by atoms with van der Waals surface area (Å²) < 4.78 is 0. The summed E-state index contributed by atoms with van der Waals surface area (Å²) in [6, 6.07) is 11.0. The van der Waals surface area contributed by atoms with Crippen molar-refractivity contribution in [1.82, 2.24) is 10.2 Å². The van der Waals surface area contributed by atoms with E-state index < -0.39 is 0 Å². The molecule has 0 aliphatic rings. The Morgan fingerprint density at radius 3 is 2.60 bits per heavy atom. The van der Waals surface area contributed by atoms with Crippen LogP contribution in [0.25, 0.3) is 0 Å². The molecule has 2 nitrogen and oxygen atoms in total. The minimum atomic E-state index is 1.01. The van der Waals surface area contributed by atoms with Gasteiger partial charge < -0.3 is 5.32 Å².